The molecule has 126 valence electrons. The van der Waals surface area contributed by atoms with Gasteiger partial charge in [-0.1, -0.05) is 29.3 Å². The van der Waals surface area contributed by atoms with Gasteiger partial charge in [-0.15, -0.1) is 0 Å². The monoisotopic (exact) mass is 344 g/mol. The second-order valence-electron chi connectivity index (χ2n) is 6.21. The lowest BCUT2D eigenvalue weighted by Crippen LogP contribution is -2.24. The SMILES string of the molecule is CC(=O)n1cc(C(=O)NCCC2=CCCCC2)c2ccc(Cl)cc21. The van der Waals surface area contributed by atoms with Crippen LogP contribution < -0.4 is 5.32 Å². The van der Waals surface area contributed by atoms with Crippen LogP contribution in [-0.4, -0.2) is 22.9 Å². The van der Waals surface area contributed by atoms with Crippen molar-refractivity contribution in [2.24, 2.45) is 0 Å². The summed E-state index contributed by atoms with van der Waals surface area (Å²) in [6.07, 6.45) is 9.57. The maximum Gasteiger partial charge on any atom is 0.253 e. The Bertz CT molecular complexity index is 820. The van der Waals surface area contributed by atoms with Crippen LogP contribution in [0.1, 0.15) is 54.2 Å². The number of hydrogen-bond donors (Lipinski definition) is 1. The van der Waals surface area contributed by atoms with Crippen LogP contribution in [0.25, 0.3) is 10.9 Å². The normalized spacial score (nSPS) is 14.5. The van der Waals surface area contributed by atoms with E-state index < -0.39 is 0 Å². The second kappa shape index (κ2) is 7.22. The van der Waals surface area contributed by atoms with E-state index in [9.17, 15) is 9.59 Å². The van der Waals surface area contributed by atoms with Crippen molar-refractivity contribution in [3.05, 3.63) is 46.6 Å². The summed E-state index contributed by atoms with van der Waals surface area (Å²) in [5.41, 5.74) is 2.60. The van der Waals surface area contributed by atoms with Gasteiger partial charge in [0.15, 0.2) is 0 Å². The molecule has 1 N–H and O–H groups in total. The third kappa shape index (κ3) is 3.54. The molecule has 1 amide bonds. The molecule has 1 aliphatic carbocycles. The van der Waals surface area contributed by atoms with Gasteiger partial charge in [-0.2, -0.15) is 0 Å². The maximum atomic E-state index is 12.5. The highest BCUT2D eigenvalue weighted by Gasteiger charge is 2.17. The topological polar surface area (TPSA) is 51.1 Å². The van der Waals surface area contributed by atoms with Crippen molar-refractivity contribution >= 4 is 34.3 Å². The van der Waals surface area contributed by atoms with Gasteiger partial charge in [-0.25, -0.2) is 0 Å². The molecular formula is C19H21ClN2O2. The molecular weight excluding hydrogens is 324 g/mol. The largest absolute Gasteiger partial charge is 0.352 e. The highest BCUT2D eigenvalue weighted by atomic mass is 35.5. The molecule has 1 heterocycles. The van der Waals surface area contributed by atoms with E-state index in [1.165, 1.54) is 29.9 Å². The molecule has 0 unspecified atom stereocenters. The van der Waals surface area contributed by atoms with Crippen LogP contribution in [0.3, 0.4) is 0 Å². The standard InChI is InChI=1S/C19H21ClN2O2/c1-13(23)22-12-17(16-8-7-15(20)11-18(16)22)19(24)21-10-9-14-5-3-2-4-6-14/h5,7-8,11-12H,2-4,6,9-10H2,1H3,(H,21,24). The number of amides is 1. The molecule has 0 radical (unpaired) electrons. The summed E-state index contributed by atoms with van der Waals surface area (Å²) in [6.45, 7) is 2.09. The van der Waals surface area contributed by atoms with Crippen molar-refractivity contribution in [3.8, 4) is 0 Å². The number of fused-ring (bicyclic) bond motifs is 1. The lowest BCUT2D eigenvalue weighted by atomic mass is 9.97. The van der Waals surface area contributed by atoms with Crippen molar-refractivity contribution in [2.45, 2.75) is 39.0 Å². The van der Waals surface area contributed by atoms with Crippen LogP contribution in [0.4, 0.5) is 0 Å². The van der Waals surface area contributed by atoms with Crippen molar-refractivity contribution in [3.63, 3.8) is 0 Å². The summed E-state index contributed by atoms with van der Waals surface area (Å²) >= 11 is 6.02. The number of benzene rings is 1. The lowest BCUT2D eigenvalue weighted by molar-refractivity contribution is 0.0941. The lowest BCUT2D eigenvalue weighted by Gasteiger charge is -2.12. The number of carbonyl (C=O) groups excluding carboxylic acids is 2. The third-order valence-corrected chi connectivity index (χ3v) is 4.70. The average molecular weight is 345 g/mol. The van der Waals surface area contributed by atoms with Crippen LogP contribution in [0, 0.1) is 0 Å². The first-order valence-electron chi connectivity index (χ1n) is 8.34. The molecule has 1 aromatic heterocycles. The van der Waals surface area contributed by atoms with E-state index in [0.29, 0.717) is 22.6 Å². The van der Waals surface area contributed by atoms with Crippen LogP contribution in [0.5, 0.6) is 0 Å². The van der Waals surface area contributed by atoms with E-state index in [1.807, 2.05) is 0 Å². The number of rotatable bonds is 4. The van der Waals surface area contributed by atoms with E-state index in [2.05, 4.69) is 11.4 Å². The number of nitrogens with one attached hydrogen (secondary N) is 1. The quantitative estimate of drug-likeness (QED) is 0.825. The Hall–Kier alpha value is -2.07. The van der Waals surface area contributed by atoms with Crippen molar-refractivity contribution in [1.82, 2.24) is 9.88 Å². The fourth-order valence-corrected chi connectivity index (χ4v) is 3.37. The van der Waals surface area contributed by atoms with Crippen LogP contribution in [0.15, 0.2) is 36.0 Å². The van der Waals surface area contributed by atoms with E-state index in [4.69, 9.17) is 11.6 Å². The fraction of sp³-hybridized carbons (Fsp3) is 0.368. The van der Waals surface area contributed by atoms with Gasteiger partial charge in [0.05, 0.1) is 11.1 Å². The highest BCUT2D eigenvalue weighted by molar-refractivity contribution is 6.31. The van der Waals surface area contributed by atoms with E-state index >= 15 is 0 Å². The third-order valence-electron chi connectivity index (χ3n) is 4.47. The average Bonchev–Trinajstić information content (AvgIpc) is 2.94. The molecule has 0 atom stereocenters. The van der Waals surface area contributed by atoms with Crippen molar-refractivity contribution in [2.75, 3.05) is 6.54 Å². The molecule has 24 heavy (non-hydrogen) atoms. The molecule has 0 aliphatic heterocycles. The molecule has 4 nitrogen and oxygen atoms in total. The summed E-state index contributed by atoms with van der Waals surface area (Å²) in [5, 5.41) is 4.25. The van der Waals surface area contributed by atoms with Gasteiger partial charge in [0.25, 0.3) is 5.91 Å². The van der Waals surface area contributed by atoms with Gasteiger partial charge in [-0.05, 0) is 44.2 Å². The van der Waals surface area contributed by atoms with Crippen LogP contribution >= 0.6 is 11.6 Å². The molecule has 1 aliphatic rings. The zero-order valence-corrected chi connectivity index (χ0v) is 14.5. The summed E-state index contributed by atoms with van der Waals surface area (Å²) in [7, 11) is 0. The van der Waals surface area contributed by atoms with E-state index in [-0.39, 0.29) is 11.8 Å². The predicted octanol–water partition coefficient (Wildman–Crippen LogP) is 4.58. The molecule has 5 heteroatoms. The van der Waals surface area contributed by atoms with Crippen LogP contribution in [0.2, 0.25) is 5.02 Å². The zero-order valence-electron chi connectivity index (χ0n) is 13.8. The minimum atomic E-state index is -0.154. The summed E-state index contributed by atoms with van der Waals surface area (Å²) in [4.78, 5) is 24.3. The Morgan fingerprint density at radius 2 is 2.12 bits per heavy atom. The maximum absolute atomic E-state index is 12.5. The van der Waals surface area contributed by atoms with E-state index in [0.717, 1.165) is 24.6 Å². The van der Waals surface area contributed by atoms with Crippen molar-refractivity contribution < 1.29 is 9.59 Å². The Balaban J connectivity index is 1.77. The van der Waals surface area contributed by atoms with Gasteiger partial charge >= 0.3 is 0 Å². The minimum Gasteiger partial charge on any atom is -0.352 e. The van der Waals surface area contributed by atoms with E-state index in [1.54, 1.807) is 24.4 Å². The minimum absolute atomic E-state index is 0.145. The Labute approximate surface area is 146 Å². The number of aromatic nitrogens is 1. The summed E-state index contributed by atoms with van der Waals surface area (Å²) in [6, 6.07) is 5.23. The molecule has 0 spiro atoms. The van der Waals surface area contributed by atoms with Gasteiger partial charge < -0.3 is 5.32 Å². The van der Waals surface area contributed by atoms with Crippen LogP contribution in [-0.2, 0) is 0 Å². The van der Waals surface area contributed by atoms with Gasteiger partial charge in [0, 0.05) is 30.1 Å². The number of nitrogens with zero attached hydrogens (tertiary/aromatic N) is 1. The zero-order chi connectivity index (χ0) is 17.1. The molecule has 0 saturated heterocycles. The molecule has 0 bridgehead atoms. The predicted molar refractivity (Wildman–Crippen MR) is 96.7 cm³/mol. The van der Waals surface area contributed by atoms with Gasteiger partial charge in [-0.3, -0.25) is 14.2 Å². The molecule has 2 aromatic rings. The highest BCUT2D eigenvalue weighted by Crippen LogP contribution is 2.25. The van der Waals surface area contributed by atoms with Crippen molar-refractivity contribution in [1.29, 1.82) is 0 Å². The fourth-order valence-electron chi connectivity index (χ4n) is 3.21. The molecule has 0 fully saturated rings. The number of hydrogen-bond acceptors (Lipinski definition) is 2. The first-order chi connectivity index (χ1) is 11.6. The number of carbonyl (C=O) groups is 2. The Kier molecular flexibility index (Phi) is 5.05. The first-order valence-corrected chi connectivity index (χ1v) is 8.71. The smallest absolute Gasteiger partial charge is 0.253 e. The van der Waals surface area contributed by atoms with Gasteiger partial charge in [0.2, 0.25) is 5.91 Å². The second-order valence-corrected chi connectivity index (χ2v) is 6.64. The molecule has 0 saturated carbocycles. The Morgan fingerprint density at radius 3 is 2.83 bits per heavy atom. The first kappa shape index (κ1) is 16.8. The van der Waals surface area contributed by atoms with Gasteiger partial charge in [0.1, 0.15) is 0 Å². The summed E-state index contributed by atoms with van der Waals surface area (Å²) in [5.74, 6) is -0.299. The molecule has 1 aromatic carbocycles. The Morgan fingerprint density at radius 1 is 1.29 bits per heavy atom. The number of halogens is 1. The number of allylic oxidation sites excluding steroid dienone is 1. The summed E-state index contributed by atoms with van der Waals surface area (Å²) < 4.78 is 1.47. The molecule has 3 rings (SSSR count).